The summed E-state index contributed by atoms with van der Waals surface area (Å²) >= 11 is 0. The Balaban J connectivity index is 1.68. The Morgan fingerprint density at radius 1 is 1.14 bits per heavy atom. The van der Waals surface area contributed by atoms with Crippen molar-refractivity contribution in [3.05, 3.63) is 58.5 Å². The number of fused-ring (bicyclic) bond motifs is 1. The number of aromatic nitrogens is 1. The topological polar surface area (TPSA) is 83.7 Å². The molecule has 8 heteroatoms. The smallest absolute Gasteiger partial charge is 0.272 e. The standard InChI is InChI=1S/C20H17FN2O5/c1-26-19-9-14-16(10-20(19)27-11-12-2-3-12)22-7-6-17(14)28-18-5-4-13(23(24)25)8-15(18)21/h4-10,12H,2-3,11H2,1H3. The van der Waals surface area contributed by atoms with Gasteiger partial charge in [-0.15, -0.1) is 0 Å². The lowest BCUT2D eigenvalue weighted by molar-refractivity contribution is -0.385. The highest BCUT2D eigenvalue weighted by Gasteiger charge is 2.23. The third-order valence-corrected chi connectivity index (χ3v) is 4.50. The molecule has 0 amide bonds. The highest BCUT2D eigenvalue weighted by molar-refractivity contribution is 5.88. The number of nitro benzene ring substituents is 1. The SMILES string of the molecule is COc1cc2c(Oc3ccc([N+](=O)[O-])cc3F)ccnc2cc1OCC1CC1. The Morgan fingerprint density at radius 2 is 1.96 bits per heavy atom. The van der Waals surface area contributed by atoms with E-state index in [1.54, 1.807) is 18.2 Å². The van der Waals surface area contributed by atoms with Gasteiger partial charge in [0.2, 0.25) is 0 Å². The van der Waals surface area contributed by atoms with Crippen LogP contribution >= 0.6 is 0 Å². The van der Waals surface area contributed by atoms with E-state index in [2.05, 4.69) is 4.98 Å². The lowest BCUT2D eigenvalue weighted by Gasteiger charge is -2.14. The molecule has 0 saturated heterocycles. The van der Waals surface area contributed by atoms with Crippen LogP contribution in [0.2, 0.25) is 0 Å². The maximum absolute atomic E-state index is 14.2. The third kappa shape index (κ3) is 3.66. The zero-order valence-corrected chi connectivity index (χ0v) is 15.1. The molecule has 0 radical (unpaired) electrons. The summed E-state index contributed by atoms with van der Waals surface area (Å²) < 4.78 is 31.1. The minimum atomic E-state index is -0.824. The first-order valence-electron chi connectivity index (χ1n) is 8.76. The van der Waals surface area contributed by atoms with Crippen molar-refractivity contribution in [2.75, 3.05) is 13.7 Å². The van der Waals surface area contributed by atoms with Crippen LogP contribution < -0.4 is 14.2 Å². The minimum absolute atomic E-state index is 0.119. The van der Waals surface area contributed by atoms with Crippen LogP contribution in [0.15, 0.2) is 42.6 Å². The van der Waals surface area contributed by atoms with E-state index >= 15 is 0 Å². The van der Waals surface area contributed by atoms with Gasteiger partial charge in [0.25, 0.3) is 5.69 Å². The van der Waals surface area contributed by atoms with Crippen molar-refractivity contribution in [2.24, 2.45) is 5.92 Å². The van der Waals surface area contributed by atoms with Crippen molar-refractivity contribution in [3.8, 4) is 23.0 Å². The molecule has 2 aromatic carbocycles. The number of hydrogen-bond acceptors (Lipinski definition) is 6. The summed E-state index contributed by atoms with van der Waals surface area (Å²) in [7, 11) is 1.54. The minimum Gasteiger partial charge on any atom is -0.493 e. The van der Waals surface area contributed by atoms with Crippen LogP contribution in [0, 0.1) is 21.8 Å². The van der Waals surface area contributed by atoms with Crippen molar-refractivity contribution in [1.82, 2.24) is 4.98 Å². The summed E-state index contributed by atoms with van der Waals surface area (Å²) in [5.41, 5.74) is 0.259. The highest BCUT2D eigenvalue weighted by atomic mass is 19.1. The highest BCUT2D eigenvalue weighted by Crippen LogP contribution is 2.39. The molecule has 1 aliphatic rings. The number of non-ortho nitro benzene ring substituents is 1. The van der Waals surface area contributed by atoms with Crippen molar-refractivity contribution in [1.29, 1.82) is 0 Å². The summed E-state index contributed by atoms with van der Waals surface area (Å²) in [4.78, 5) is 14.4. The molecular formula is C20H17FN2O5. The van der Waals surface area contributed by atoms with Gasteiger partial charge in [-0.1, -0.05) is 0 Å². The van der Waals surface area contributed by atoms with E-state index in [0.717, 1.165) is 6.07 Å². The van der Waals surface area contributed by atoms with Gasteiger partial charge in [-0.05, 0) is 37.0 Å². The second-order valence-electron chi connectivity index (χ2n) is 6.56. The fourth-order valence-corrected chi connectivity index (χ4v) is 2.79. The molecule has 144 valence electrons. The molecule has 4 rings (SSSR count). The summed E-state index contributed by atoms with van der Waals surface area (Å²) in [6.45, 7) is 0.631. The zero-order valence-electron chi connectivity index (χ0n) is 15.1. The molecule has 0 unspecified atom stereocenters. The molecule has 0 N–H and O–H groups in total. The Bertz CT molecular complexity index is 1050. The number of benzene rings is 2. The first-order chi connectivity index (χ1) is 13.5. The van der Waals surface area contributed by atoms with E-state index in [1.807, 2.05) is 0 Å². The molecule has 1 aromatic heterocycles. The first kappa shape index (κ1) is 18.0. The van der Waals surface area contributed by atoms with Crippen molar-refractivity contribution in [3.63, 3.8) is 0 Å². The number of halogens is 1. The Kier molecular flexibility index (Phi) is 4.68. The Morgan fingerprint density at radius 3 is 2.64 bits per heavy atom. The average molecular weight is 384 g/mol. The van der Waals surface area contributed by atoms with E-state index in [4.69, 9.17) is 14.2 Å². The molecular weight excluding hydrogens is 367 g/mol. The van der Waals surface area contributed by atoms with Gasteiger partial charge >= 0.3 is 0 Å². The summed E-state index contributed by atoms with van der Waals surface area (Å²) in [6.07, 6.45) is 3.89. The molecule has 1 aliphatic carbocycles. The van der Waals surface area contributed by atoms with Crippen LogP contribution in [0.3, 0.4) is 0 Å². The van der Waals surface area contributed by atoms with Gasteiger partial charge in [0.15, 0.2) is 23.1 Å². The molecule has 0 aliphatic heterocycles. The summed E-state index contributed by atoms with van der Waals surface area (Å²) in [5, 5.41) is 11.4. The van der Waals surface area contributed by atoms with E-state index < -0.39 is 10.7 Å². The summed E-state index contributed by atoms with van der Waals surface area (Å²) in [6, 6.07) is 8.31. The summed E-state index contributed by atoms with van der Waals surface area (Å²) in [5.74, 6) is 1.11. The third-order valence-electron chi connectivity index (χ3n) is 4.50. The lowest BCUT2D eigenvalue weighted by atomic mass is 10.1. The zero-order chi connectivity index (χ0) is 19.7. The molecule has 28 heavy (non-hydrogen) atoms. The van der Waals surface area contributed by atoms with Crippen LogP contribution in [-0.2, 0) is 0 Å². The monoisotopic (exact) mass is 384 g/mol. The van der Waals surface area contributed by atoms with Crippen LogP contribution in [0.25, 0.3) is 10.9 Å². The largest absolute Gasteiger partial charge is 0.493 e. The van der Waals surface area contributed by atoms with Gasteiger partial charge in [-0.25, -0.2) is 4.39 Å². The van der Waals surface area contributed by atoms with Crippen molar-refractivity contribution < 1.29 is 23.5 Å². The van der Waals surface area contributed by atoms with E-state index in [0.29, 0.717) is 40.7 Å². The van der Waals surface area contributed by atoms with E-state index in [1.165, 1.54) is 38.3 Å². The number of methoxy groups -OCH3 is 1. The van der Waals surface area contributed by atoms with Gasteiger partial charge in [-0.3, -0.25) is 15.1 Å². The van der Waals surface area contributed by atoms with Crippen LogP contribution in [0.4, 0.5) is 10.1 Å². The Hall–Kier alpha value is -3.42. The van der Waals surface area contributed by atoms with Gasteiger partial charge in [0.05, 0.1) is 30.2 Å². The number of rotatable bonds is 7. The van der Waals surface area contributed by atoms with Gasteiger partial charge in [-0.2, -0.15) is 0 Å². The lowest BCUT2D eigenvalue weighted by Crippen LogP contribution is -2.01. The molecule has 3 aromatic rings. The second kappa shape index (κ2) is 7.30. The maximum atomic E-state index is 14.2. The molecule has 0 spiro atoms. The van der Waals surface area contributed by atoms with Crippen molar-refractivity contribution >= 4 is 16.6 Å². The van der Waals surface area contributed by atoms with E-state index in [9.17, 15) is 14.5 Å². The van der Waals surface area contributed by atoms with Gasteiger partial charge < -0.3 is 14.2 Å². The molecule has 7 nitrogen and oxygen atoms in total. The number of pyridine rings is 1. The molecule has 1 saturated carbocycles. The fraction of sp³-hybridized carbons (Fsp3) is 0.250. The van der Waals surface area contributed by atoms with Crippen LogP contribution in [0.1, 0.15) is 12.8 Å². The van der Waals surface area contributed by atoms with Crippen LogP contribution in [0.5, 0.6) is 23.0 Å². The number of nitro groups is 1. The van der Waals surface area contributed by atoms with Gasteiger partial charge in [0, 0.05) is 23.7 Å². The molecule has 1 fully saturated rings. The van der Waals surface area contributed by atoms with Crippen molar-refractivity contribution in [2.45, 2.75) is 12.8 Å². The fourth-order valence-electron chi connectivity index (χ4n) is 2.79. The quantitative estimate of drug-likeness (QED) is 0.427. The molecule has 0 atom stereocenters. The first-order valence-corrected chi connectivity index (χ1v) is 8.76. The number of hydrogen-bond donors (Lipinski definition) is 0. The predicted molar refractivity (Wildman–Crippen MR) is 99.6 cm³/mol. The molecule has 1 heterocycles. The number of ether oxygens (including phenoxy) is 3. The second-order valence-corrected chi connectivity index (χ2v) is 6.56. The predicted octanol–water partition coefficient (Wildman–Crippen LogP) is 4.87. The normalized spacial score (nSPS) is 13.4. The van der Waals surface area contributed by atoms with Gasteiger partial charge in [0.1, 0.15) is 5.75 Å². The molecule has 0 bridgehead atoms. The van der Waals surface area contributed by atoms with E-state index in [-0.39, 0.29) is 11.4 Å². The number of nitrogens with zero attached hydrogens (tertiary/aromatic N) is 2. The average Bonchev–Trinajstić information content (AvgIpc) is 3.51. The Labute approximate surface area is 159 Å². The van der Waals surface area contributed by atoms with Crippen LogP contribution in [-0.4, -0.2) is 23.6 Å². The maximum Gasteiger partial charge on any atom is 0.272 e.